The molecule has 0 aliphatic heterocycles. The second kappa shape index (κ2) is 11.0. The summed E-state index contributed by atoms with van der Waals surface area (Å²) in [6.07, 6.45) is 6.69. The van der Waals surface area contributed by atoms with E-state index < -0.39 is 0 Å². The average Bonchev–Trinajstić information content (AvgIpc) is 2.16. The van der Waals surface area contributed by atoms with Crippen LogP contribution in [0.15, 0.2) is 0 Å². The van der Waals surface area contributed by atoms with Crippen molar-refractivity contribution in [3.8, 4) is 11.8 Å². The zero-order valence-electron chi connectivity index (χ0n) is 8.27. The van der Waals surface area contributed by atoms with Crippen LogP contribution < -0.4 is 0 Å². The fraction of sp³-hybridized carbons (Fsp3) is 0.727. The Balaban J connectivity index is 2.89. The van der Waals surface area contributed by atoms with Crippen molar-refractivity contribution < 1.29 is 9.53 Å². The summed E-state index contributed by atoms with van der Waals surface area (Å²) < 4.78 is 4.45. The van der Waals surface area contributed by atoms with Crippen LogP contribution in [0.1, 0.15) is 45.4 Å². The van der Waals surface area contributed by atoms with Gasteiger partial charge < -0.3 is 4.74 Å². The van der Waals surface area contributed by atoms with Crippen molar-refractivity contribution in [3.63, 3.8) is 0 Å². The summed E-state index contributed by atoms with van der Waals surface area (Å²) in [4.78, 5) is 9.65. The molecular weight excluding hydrogens is 164 g/mol. The van der Waals surface area contributed by atoms with Gasteiger partial charge in [0, 0.05) is 6.42 Å². The maximum absolute atomic E-state index is 9.65. The zero-order valence-corrected chi connectivity index (χ0v) is 8.27. The van der Waals surface area contributed by atoms with Gasteiger partial charge in [-0.1, -0.05) is 19.3 Å². The summed E-state index contributed by atoms with van der Waals surface area (Å²) in [5, 5.41) is 0. The third-order valence-electron chi connectivity index (χ3n) is 1.78. The number of hydrogen-bond acceptors (Lipinski definition) is 2. The molecule has 0 aliphatic rings. The maximum atomic E-state index is 9.65. The molecule has 0 aromatic carbocycles. The van der Waals surface area contributed by atoms with Crippen LogP contribution in [0.5, 0.6) is 0 Å². The van der Waals surface area contributed by atoms with E-state index in [0.717, 1.165) is 19.3 Å². The van der Waals surface area contributed by atoms with E-state index in [0.29, 0.717) is 6.61 Å². The Labute approximate surface area is 80.7 Å². The van der Waals surface area contributed by atoms with E-state index >= 15 is 0 Å². The van der Waals surface area contributed by atoms with Crippen molar-refractivity contribution >= 4 is 6.47 Å². The fourth-order valence-electron chi connectivity index (χ4n) is 1.08. The van der Waals surface area contributed by atoms with Crippen LogP contribution in [0.2, 0.25) is 0 Å². The first kappa shape index (κ1) is 12.0. The van der Waals surface area contributed by atoms with E-state index in [1.165, 1.54) is 25.7 Å². The fourth-order valence-corrected chi connectivity index (χ4v) is 1.08. The van der Waals surface area contributed by atoms with Gasteiger partial charge in [0.05, 0.1) is 6.61 Å². The van der Waals surface area contributed by atoms with E-state index in [1.807, 2.05) is 6.92 Å². The standard InChI is InChI=1S/C11H17O2/c1-2-3-4-5-6-7-8-9-10-13-11-12/h4-10H2,1H3. The minimum atomic E-state index is 0.512. The monoisotopic (exact) mass is 181 g/mol. The average molecular weight is 181 g/mol. The third kappa shape index (κ3) is 11.0. The van der Waals surface area contributed by atoms with Gasteiger partial charge in [0.2, 0.25) is 0 Å². The number of rotatable bonds is 8. The SMILES string of the molecule is CC#CCCCCCCCO[C]=O. The van der Waals surface area contributed by atoms with Crippen LogP contribution in [-0.2, 0) is 9.53 Å². The zero-order chi connectivity index (χ0) is 9.78. The second-order valence-electron chi connectivity index (χ2n) is 2.88. The summed E-state index contributed by atoms with van der Waals surface area (Å²) in [6.45, 7) is 3.80. The molecule has 0 aromatic rings. The van der Waals surface area contributed by atoms with Crippen molar-refractivity contribution in [2.24, 2.45) is 0 Å². The molecule has 0 amide bonds. The Morgan fingerprint density at radius 1 is 1.08 bits per heavy atom. The first-order valence-corrected chi connectivity index (χ1v) is 4.80. The smallest absolute Gasteiger partial charge is 0.417 e. The normalized spacial score (nSPS) is 8.69. The van der Waals surface area contributed by atoms with Gasteiger partial charge in [-0.3, -0.25) is 0 Å². The first-order chi connectivity index (χ1) is 6.41. The van der Waals surface area contributed by atoms with Gasteiger partial charge in [-0.05, 0) is 19.8 Å². The van der Waals surface area contributed by atoms with E-state index in [-0.39, 0.29) is 0 Å². The van der Waals surface area contributed by atoms with Gasteiger partial charge in [0.1, 0.15) is 0 Å². The van der Waals surface area contributed by atoms with Gasteiger partial charge >= 0.3 is 6.47 Å². The van der Waals surface area contributed by atoms with Crippen LogP contribution in [0, 0.1) is 11.8 Å². The Bertz CT molecular complexity index is 165. The van der Waals surface area contributed by atoms with Crippen molar-refractivity contribution in [2.45, 2.75) is 45.4 Å². The molecule has 0 spiro atoms. The highest BCUT2D eigenvalue weighted by molar-refractivity contribution is 5.37. The molecule has 0 unspecified atom stereocenters. The van der Waals surface area contributed by atoms with Gasteiger partial charge in [-0.25, -0.2) is 4.79 Å². The van der Waals surface area contributed by atoms with Crippen LogP contribution >= 0.6 is 0 Å². The minimum Gasteiger partial charge on any atom is -0.457 e. The molecule has 1 radical (unpaired) electrons. The lowest BCUT2D eigenvalue weighted by Gasteiger charge is -1.98. The summed E-state index contributed by atoms with van der Waals surface area (Å²) in [5.74, 6) is 5.91. The maximum Gasteiger partial charge on any atom is 0.417 e. The van der Waals surface area contributed by atoms with Gasteiger partial charge in [0.15, 0.2) is 0 Å². The predicted molar refractivity (Wildman–Crippen MR) is 52.8 cm³/mol. The highest BCUT2D eigenvalue weighted by atomic mass is 16.5. The summed E-state index contributed by atoms with van der Waals surface area (Å²) >= 11 is 0. The Hall–Kier alpha value is -0.970. The lowest BCUT2D eigenvalue weighted by Crippen LogP contribution is -1.91. The highest BCUT2D eigenvalue weighted by Crippen LogP contribution is 2.04. The molecule has 0 aliphatic carbocycles. The van der Waals surface area contributed by atoms with Crippen molar-refractivity contribution in [1.29, 1.82) is 0 Å². The topological polar surface area (TPSA) is 26.3 Å². The first-order valence-electron chi connectivity index (χ1n) is 4.80. The molecule has 0 fully saturated rings. The van der Waals surface area contributed by atoms with Gasteiger partial charge in [-0.15, -0.1) is 11.8 Å². The third-order valence-corrected chi connectivity index (χ3v) is 1.78. The summed E-state index contributed by atoms with van der Waals surface area (Å²) in [6, 6.07) is 0. The Morgan fingerprint density at radius 3 is 2.46 bits per heavy atom. The molecule has 0 rings (SSSR count). The molecule has 0 saturated carbocycles. The molecule has 0 saturated heterocycles. The van der Waals surface area contributed by atoms with Crippen molar-refractivity contribution in [3.05, 3.63) is 0 Å². The Morgan fingerprint density at radius 2 is 1.77 bits per heavy atom. The van der Waals surface area contributed by atoms with Crippen molar-refractivity contribution in [1.82, 2.24) is 0 Å². The van der Waals surface area contributed by atoms with E-state index in [4.69, 9.17) is 0 Å². The molecule has 2 nitrogen and oxygen atoms in total. The number of hydrogen-bond donors (Lipinski definition) is 0. The van der Waals surface area contributed by atoms with Gasteiger partial charge in [0.25, 0.3) is 0 Å². The Kier molecular flexibility index (Phi) is 10.2. The molecular formula is C11H17O2. The van der Waals surface area contributed by atoms with Crippen LogP contribution in [0.3, 0.4) is 0 Å². The molecule has 2 heteroatoms. The number of carbonyl (C=O) groups excluding carboxylic acids is 1. The predicted octanol–water partition coefficient (Wildman–Crippen LogP) is 2.43. The second-order valence-corrected chi connectivity index (χ2v) is 2.88. The summed E-state index contributed by atoms with van der Waals surface area (Å²) in [5.41, 5.74) is 0. The number of unbranched alkanes of at least 4 members (excludes halogenated alkanes) is 5. The molecule has 13 heavy (non-hydrogen) atoms. The number of ether oxygens (including phenoxy) is 1. The van der Waals surface area contributed by atoms with Crippen LogP contribution in [0.4, 0.5) is 0 Å². The molecule has 73 valence electrons. The quantitative estimate of drug-likeness (QED) is 0.424. The highest BCUT2D eigenvalue weighted by Gasteiger charge is 1.90. The molecule has 0 bridgehead atoms. The lowest BCUT2D eigenvalue weighted by molar-refractivity contribution is 0.268. The molecule has 0 heterocycles. The summed E-state index contributed by atoms with van der Waals surface area (Å²) in [7, 11) is 0. The van der Waals surface area contributed by atoms with E-state index in [1.54, 1.807) is 0 Å². The molecule has 0 aromatic heterocycles. The minimum absolute atomic E-state index is 0.512. The van der Waals surface area contributed by atoms with E-state index in [2.05, 4.69) is 16.6 Å². The lowest BCUT2D eigenvalue weighted by atomic mass is 10.1. The molecule has 0 N–H and O–H groups in total. The van der Waals surface area contributed by atoms with Crippen LogP contribution in [-0.4, -0.2) is 13.1 Å². The van der Waals surface area contributed by atoms with Gasteiger partial charge in [-0.2, -0.15) is 0 Å². The molecule has 0 atom stereocenters. The van der Waals surface area contributed by atoms with Crippen molar-refractivity contribution in [2.75, 3.05) is 6.61 Å². The largest absolute Gasteiger partial charge is 0.457 e. The van der Waals surface area contributed by atoms with Crippen LogP contribution in [0.25, 0.3) is 0 Å². The van der Waals surface area contributed by atoms with E-state index in [9.17, 15) is 4.79 Å².